The van der Waals surface area contributed by atoms with Gasteiger partial charge in [0, 0.05) is 45.6 Å². The molecule has 29 heavy (non-hydrogen) atoms. The Bertz CT molecular complexity index is 809. The fourth-order valence-electron chi connectivity index (χ4n) is 3.02. The molecule has 0 aliphatic rings. The second-order valence-electron chi connectivity index (χ2n) is 6.69. The third-order valence-electron chi connectivity index (χ3n) is 4.62. The highest BCUT2D eigenvalue weighted by Crippen LogP contribution is 2.15. The Morgan fingerprint density at radius 2 is 1.69 bits per heavy atom. The van der Waals surface area contributed by atoms with Crippen molar-refractivity contribution in [1.29, 1.82) is 0 Å². The Morgan fingerprint density at radius 3 is 2.31 bits per heavy atom. The van der Waals surface area contributed by atoms with Crippen LogP contribution in [0.1, 0.15) is 17.0 Å². The van der Waals surface area contributed by atoms with Crippen LogP contribution < -0.4 is 10.5 Å². The third kappa shape index (κ3) is 8.07. The number of rotatable bonds is 10. The maximum absolute atomic E-state index is 5.83. The van der Waals surface area contributed by atoms with Gasteiger partial charge >= 0.3 is 0 Å². The normalized spacial score (nSPS) is 10.3. The molecule has 2 aromatic carbocycles. The zero-order valence-corrected chi connectivity index (χ0v) is 18.4. The molecule has 3 aromatic rings. The van der Waals surface area contributed by atoms with E-state index in [1.165, 1.54) is 11.1 Å². The predicted octanol–water partition coefficient (Wildman–Crippen LogP) is 3.85. The van der Waals surface area contributed by atoms with Gasteiger partial charge in [-0.1, -0.05) is 42.5 Å². The van der Waals surface area contributed by atoms with E-state index in [4.69, 9.17) is 10.5 Å². The molecular weight excluding hydrogens is 407 g/mol. The highest BCUT2D eigenvalue weighted by molar-refractivity contribution is 5.85. The summed E-state index contributed by atoms with van der Waals surface area (Å²) in [6, 6.07) is 18.9. The van der Waals surface area contributed by atoms with Gasteiger partial charge in [-0.25, -0.2) is 4.98 Å². The highest BCUT2D eigenvalue weighted by Gasteiger charge is 2.07. The van der Waals surface area contributed by atoms with Crippen molar-refractivity contribution in [3.8, 4) is 5.75 Å². The van der Waals surface area contributed by atoms with Gasteiger partial charge < -0.3 is 15.0 Å². The van der Waals surface area contributed by atoms with E-state index in [0.29, 0.717) is 13.2 Å². The van der Waals surface area contributed by atoms with Crippen LogP contribution in [0.25, 0.3) is 0 Å². The van der Waals surface area contributed by atoms with Crippen LogP contribution in [0, 0.1) is 0 Å². The maximum atomic E-state index is 5.83. The number of benzene rings is 2. The van der Waals surface area contributed by atoms with Gasteiger partial charge in [-0.3, -0.25) is 4.90 Å². The van der Waals surface area contributed by atoms with Gasteiger partial charge in [-0.2, -0.15) is 0 Å². The van der Waals surface area contributed by atoms with Gasteiger partial charge in [-0.15, -0.1) is 24.8 Å². The maximum Gasteiger partial charge on any atom is 0.146 e. The van der Waals surface area contributed by atoms with Gasteiger partial charge in [0.15, 0.2) is 0 Å². The first-order valence-corrected chi connectivity index (χ1v) is 9.39. The number of hydrogen-bond donors (Lipinski definition) is 1. The molecule has 0 aliphatic carbocycles. The molecule has 5 nitrogen and oxygen atoms in total. The van der Waals surface area contributed by atoms with Crippen LogP contribution in [0.5, 0.6) is 5.75 Å². The Kier molecular flexibility index (Phi) is 11.4. The number of ether oxygens (including phenoxy) is 1. The molecule has 3 rings (SSSR count). The molecule has 0 amide bonds. The minimum absolute atomic E-state index is 0. The second kappa shape index (κ2) is 13.2. The van der Waals surface area contributed by atoms with Crippen molar-refractivity contribution in [2.24, 2.45) is 12.8 Å². The summed E-state index contributed by atoms with van der Waals surface area (Å²) in [4.78, 5) is 6.67. The first-order chi connectivity index (χ1) is 13.2. The van der Waals surface area contributed by atoms with Crippen LogP contribution in [-0.4, -0.2) is 34.1 Å². The summed E-state index contributed by atoms with van der Waals surface area (Å²) >= 11 is 0. The van der Waals surface area contributed by atoms with E-state index in [1.54, 1.807) is 6.20 Å². The van der Waals surface area contributed by atoms with Gasteiger partial charge in [0.1, 0.15) is 18.2 Å². The molecule has 158 valence electrons. The van der Waals surface area contributed by atoms with Crippen molar-refractivity contribution < 1.29 is 4.74 Å². The lowest BCUT2D eigenvalue weighted by molar-refractivity contribution is 0.275. The van der Waals surface area contributed by atoms with Crippen molar-refractivity contribution >= 4 is 24.8 Å². The Morgan fingerprint density at radius 1 is 0.966 bits per heavy atom. The lowest BCUT2D eigenvalue weighted by Crippen LogP contribution is -2.31. The summed E-state index contributed by atoms with van der Waals surface area (Å²) in [5, 5.41) is 0. The average Bonchev–Trinajstić information content (AvgIpc) is 3.11. The number of aromatic nitrogens is 2. The number of nitrogens with zero attached hydrogens (tertiary/aromatic N) is 3. The molecule has 2 N–H and O–H groups in total. The van der Waals surface area contributed by atoms with E-state index in [1.807, 2.05) is 29.9 Å². The first kappa shape index (κ1) is 25.0. The van der Waals surface area contributed by atoms with Gasteiger partial charge in [0.05, 0.1) is 0 Å². The van der Waals surface area contributed by atoms with Crippen molar-refractivity contribution in [2.45, 2.75) is 19.6 Å². The van der Waals surface area contributed by atoms with Crippen molar-refractivity contribution in [3.63, 3.8) is 0 Å². The summed E-state index contributed by atoms with van der Waals surface area (Å²) in [5.74, 6) is 1.77. The zero-order valence-electron chi connectivity index (χ0n) is 16.7. The van der Waals surface area contributed by atoms with E-state index >= 15 is 0 Å². The molecule has 0 bridgehead atoms. The largest absolute Gasteiger partial charge is 0.486 e. The Labute approximate surface area is 185 Å². The Hall–Kier alpha value is -2.05. The van der Waals surface area contributed by atoms with Crippen molar-refractivity contribution in [2.75, 3.05) is 19.6 Å². The van der Waals surface area contributed by atoms with Crippen molar-refractivity contribution in [1.82, 2.24) is 14.5 Å². The molecule has 1 aromatic heterocycles. The molecule has 0 atom stereocenters. The molecular formula is C22H30Cl2N4O. The third-order valence-corrected chi connectivity index (χ3v) is 4.62. The van der Waals surface area contributed by atoms with Crippen LogP contribution in [0.15, 0.2) is 67.0 Å². The number of hydrogen-bond acceptors (Lipinski definition) is 4. The molecule has 1 heterocycles. The average molecular weight is 437 g/mol. The molecule has 0 unspecified atom stereocenters. The smallest absolute Gasteiger partial charge is 0.146 e. The van der Waals surface area contributed by atoms with E-state index < -0.39 is 0 Å². The lowest BCUT2D eigenvalue weighted by Gasteiger charge is -2.22. The highest BCUT2D eigenvalue weighted by atomic mass is 35.5. The molecule has 0 fully saturated rings. The van der Waals surface area contributed by atoms with E-state index in [9.17, 15) is 0 Å². The van der Waals surface area contributed by atoms with Crippen LogP contribution in [0.4, 0.5) is 0 Å². The number of nitrogens with two attached hydrogens (primary N) is 1. The van der Waals surface area contributed by atoms with Gasteiger partial charge in [-0.05, 0) is 29.7 Å². The standard InChI is InChI=1S/C22H28N4O.2ClH/c1-25-16-13-24-22(25)18-27-21-9-7-20(8-10-21)17-26(15-12-23)14-11-19-5-3-2-4-6-19;;/h2-10,13,16H,11-12,14-15,17-18,23H2,1H3;2*1H. The fraction of sp³-hybridized carbons (Fsp3) is 0.318. The van der Waals surface area contributed by atoms with E-state index in [0.717, 1.165) is 37.6 Å². The molecule has 0 spiro atoms. The minimum atomic E-state index is 0. The predicted molar refractivity (Wildman–Crippen MR) is 123 cm³/mol. The summed E-state index contributed by atoms with van der Waals surface area (Å²) in [6.07, 6.45) is 4.73. The summed E-state index contributed by atoms with van der Waals surface area (Å²) < 4.78 is 7.79. The van der Waals surface area contributed by atoms with Crippen LogP contribution in [0.2, 0.25) is 0 Å². The number of imidazole rings is 1. The van der Waals surface area contributed by atoms with Crippen LogP contribution in [0.3, 0.4) is 0 Å². The molecule has 7 heteroatoms. The van der Waals surface area contributed by atoms with Crippen LogP contribution in [-0.2, 0) is 26.6 Å². The quantitative estimate of drug-likeness (QED) is 0.524. The zero-order chi connectivity index (χ0) is 18.9. The topological polar surface area (TPSA) is 56.3 Å². The lowest BCUT2D eigenvalue weighted by atomic mass is 10.1. The summed E-state index contributed by atoms with van der Waals surface area (Å²) in [7, 11) is 1.97. The SMILES string of the molecule is Cl.Cl.Cn1ccnc1COc1ccc(CN(CCN)CCc2ccccc2)cc1. The molecule has 0 saturated heterocycles. The van der Waals surface area contributed by atoms with Gasteiger partial charge in [0.2, 0.25) is 0 Å². The number of aryl methyl sites for hydroxylation is 1. The Balaban J connectivity index is 0.00000210. The number of halogens is 2. The fourth-order valence-corrected chi connectivity index (χ4v) is 3.02. The van der Waals surface area contributed by atoms with Gasteiger partial charge in [0.25, 0.3) is 0 Å². The van der Waals surface area contributed by atoms with E-state index in [2.05, 4.69) is 52.3 Å². The molecule has 0 aliphatic heterocycles. The van der Waals surface area contributed by atoms with Crippen LogP contribution >= 0.6 is 24.8 Å². The van der Waals surface area contributed by atoms with E-state index in [-0.39, 0.29) is 24.8 Å². The van der Waals surface area contributed by atoms with Crippen molar-refractivity contribution in [3.05, 3.63) is 83.9 Å². The summed E-state index contributed by atoms with van der Waals surface area (Å²) in [6.45, 7) is 3.92. The monoisotopic (exact) mass is 436 g/mol. The summed E-state index contributed by atoms with van der Waals surface area (Å²) in [5.41, 5.74) is 8.43. The second-order valence-corrected chi connectivity index (χ2v) is 6.69. The first-order valence-electron chi connectivity index (χ1n) is 9.39. The minimum Gasteiger partial charge on any atom is -0.486 e. The molecule has 0 radical (unpaired) electrons. The molecule has 0 saturated carbocycles.